The van der Waals surface area contributed by atoms with Gasteiger partial charge in [-0.15, -0.1) is 0 Å². The molecule has 94 valence electrons. The molecule has 2 N–H and O–H groups in total. The van der Waals surface area contributed by atoms with E-state index in [0.717, 1.165) is 7.05 Å². The molecule has 1 heterocycles. The molecule has 0 spiro atoms. The highest BCUT2D eigenvalue weighted by molar-refractivity contribution is 9.10. The second-order valence-electron chi connectivity index (χ2n) is 3.37. The molecule has 0 aliphatic heterocycles. The van der Waals surface area contributed by atoms with Crippen molar-refractivity contribution < 1.29 is 18.0 Å². The number of alkyl halides is 3. The van der Waals surface area contributed by atoms with Crippen LogP contribution in [0.2, 0.25) is 0 Å². The van der Waals surface area contributed by atoms with Crippen molar-refractivity contribution in [3.63, 3.8) is 0 Å². The summed E-state index contributed by atoms with van der Waals surface area (Å²) in [5.41, 5.74) is 5.41. The van der Waals surface area contributed by atoms with E-state index in [0.29, 0.717) is 9.37 Å². The van der Waals surface area contributed by atoms with Crippen LogP contribution in [0.1, 0.15) is 10.4 Å². The molecule has 1 amide bonds. The van der Waals surface area contributed by atoms with Gasteiger partial charge in [-0.3, -0.25) is 4.79 Å². The zero-order valence-electron chi connectivity index (χ0n) is 8.75. The third-order valence-corrected chi connectivity index (χ3v) is 2.50. The van der Waals surface area contributed by atoms with E-state index in [1.165, 1.54) is 12.3 Å². The number of nitrogens with zero attached hydrogens (tertiary/aromatic N) is 2. The summed E-state index contributed by atoms with van der Waals surface area (Å²) < 4.78 is 36.7. The third kappa shape index (κ3) is 3.88. The zero-order chi connectivity index (χ0) is 13.2. The van der Waals surface area contributed by atoms with Crippen LogP contribution in [0, 0.1) is 0 Å². The molecule has 1 aromatic rings. The summed E-state index contributed by atoms with van der Waals surface area (Å²) >= 11 is 3.03. The van der Waals surface area contributed by atoms with Crippen LogP contribution < -0.4 is 5.73 Å². The summed E-state index contributed by atoms with van der Waals surface area (Å²) in [4.78, 5) is 16.0. The smallest absolute Gasteiger partial charge is 0.384 e. The summed E-state index contributed by atoms with van der Waals surface area (Å²) in [7, 11) is 1.07. The molecular weight excluding hydrogens is 303 g/mol. The van der Waals surface area contributed by atoms with Gasteiger partial charge >= 0.3 is 6.18 Å². The standard InChI is InChI=1S/C9H9BrF3N3O/c1-16(4-9(11,12)13)8(17)5-2-7(14)15-3-6(5)10/h2-3H,4H2,1H3,(H2,14,15). The number of nitrogen functional groups attached to an aromatic ring is 1. The predicted octanol–water partition coefficient (Wildman–Crippen LogP) is 2.06. The van der Waals surface area contributed by atoms with Crippen LogP contribution in [0.15, 0.2) is 16.7 Å². The van der Waals surface area contributed by atoms with Crippen molar-refractivity contribution in [2.45, 2.75) is 6.18 Å². The van der Waals surface area contributed by atoms with E-state index >= 15 is 0 Å². The molecule has 0 unspecified atom stereocenters. The number of carbonyl (C=O) groups is 1. The topological polar surface area (TPSA) is 59.2 Å². The summed E-state index contributed by atoms with van der Waals surface area (Å²) in [5, 5.41) is 0. The lowest BCUT2D eigenvalue weighted by molar-refractivity contribution is -0.138. The monoisotopic (exact) mass is 311 g/mol. The van der Waals surface area contributed by atoms with Crippen LogP contribution in [-0.2, 0) is 0 Å². The highest BCUT2D eigenvalue weighted by atomic mass is 79.9. The third-order valence-electron chi connectivity index (χ3n) is 1.87. The van der Waals surface area contributed by atoms with Gasteiger partial charge in [-0.25, -0.2) is 4.98 Å². The molecule has 0 bridgehead atoms. The quantitative estimate of drug-likeness (QED) is 0.909. The molecular formula is C9H9BrF3N3O. The van der Waals surface area contributed by atoms with Gasteiger partial charge in [-0.05, 0) is 22.0 Å². The lowest BCUT2D eigenvalue weighted by atomic mass is 10.2. The van der Waals surface area contributed by atoms with Gasteiger partial charge in [0.15, 0.2) is 0 Å². The maximum Gasteiger partial charge on any atom is 0.406 e. The molecule has 0 saturated carbocycles. The Bertz CT molecular complexity index is 436. The maximum absolute atomic E-state index is 12.1. The van der Waals surface area contributed by atoms with E-state index in [-0.39, 0.29) is 11.4 Å². The molecule has 0 radical (unpaired) electrons. The summed E-state index contributed by atoms with van der Waals surface area (Å²) in [5.74, 6) is -0.708. The fourth-order valence-corrected chi connectivity index (χ4v) is 1.55. The first-order valence-corrected chi connectivity index (χ1v) is 5.23. The number of anilines is 1. The van der Waals surface area contributed by atoms with E-state index in [1.807, 2.05) is 0 Å². The van der Waals surface area contributed by atoms with E-state index in [2.05, 4.69) is 20.9 Å². The number of hydrogen-bond donors (Lipinski definition) is 1. The van der Waals surface area contributed by atoms with Crippen molar-refractivity contribution in [1.29, 1.82) is 0 Å². The van der Waals surface area contributed by atoms with Crippen molar-refractivity contribution in [2.75, 3.05) is 19.3 Å². The molecule has 0 saturated heterocycles. The van der Waals surface area contributed by atoms with Crippen molar-refractivity contribution >= 4 is 27.7 Å². The summed E-state index contributed by atoms with van der Waals surface area (Å²) in [6, 6.07) is 1.22. The van der Waals surface area contributed by atoms with Crippen LogP contribution in [-0.4, -0.2) is 35.6 Å². The number of aromatic nitrogens is 1. The molecule has 4 nitrogen and oxygen atoms in total. The summed E-state index contributed by atoms with van der Waals surface area (Å²) in [6.45, 7) is -1.32. The number of amides is 1. The Balaban J connectivity index is 2.93. The zero-order valence-corrected chi connectivity index (χ0v) is 10.3. The number of carbonyl (C=O) groups excluding carboxylic acids is 1. The minimum Gasteiger partial charge on any atom is -0.384 e. The van der Waals surface area contributed by atoms with Crippen molar-refractivity contribution in [2.24, 2.45) is 0 Å². The Morgan fingerprint density at radius 3 is 2.71 bits per heavy atom. The van der Waals surface area contributed by atoms with E-state index in [1.54, 1.807) is 0 Å². The second kappa shape index (κ2) is 4.91. The normalized spacial score (nSPS) is 11.4. The van der Waals surface area contributed by atoms with Gasteiger partial charge in [-0.2, -0.15) is 13.2 Å². The van der Waals surface area contributed by atoms with E-state index in [9.17, 15) is 18.0 Å². The fraction of sp³-hybridized carbons (Fsp3) is 0.333. The Kier molecular flexibility index (Phi) is 3.97. The molecule has 0 aliphatic rings. The molecule has 8 heteroatoms. The largest absolute Gasteiger partial charge is 0.406 e. The Morgan fingerprint density at radius 2 is 2.18 bits per heavy atom. The predicted molar refractivity (Wildman–Crippen MR) is 59.4 cm³/mol. The molecule has 1 rings (SSSR count). The first-order chi connectivity index (χ1) is 7.70. The molecule has 0 atom stereocenters. The fourth-order valence-electron chi connectivity index (χ4n) is 1.17. The minimum absolute atomic E-state index is 0.0456. The first-order valence-electron chi connectivity index (χ1n) is 4.44. The number of hydrogen-bond acceptors (Lipinski definition) is 3. The molecule has 0 fully saturated rings. The van der Waals surface area contributed by atoms with Gasteiger partial charge in [0.1, 0.15) is 12.4 Å². The number of nitrogens with two attached hydrogens (primary N) is 1. The van der Waals surface area contributed by atoms with Crippen LogP contribution in [0.3, 0.4) is 0 Å². The maximum atomic E-state index is 12.1. The molecule has 17 heavy (non-hydrogen) atoms. The molecule has 1 aromatic heterocycles. The molecule has 0 aromatic carbocycles. The first kappa shape index (κ1) is 13.8. The van der Waals surface area contributed by atoms with Crippen LogP contribution in [0.5, 0.6) is 0 Å². The van der Waals surface area contributed by atoms with Gasteiger partial charge in [-0.1, -0.05) is 0 Å². The average Bonchev–Trinajstić information content (AvgIpc) is 2.18. The van der Waals surface area contributed by atoms with Crippen molar-refractivity contribution in [1.82, 2.24) is 9.88 Å². The minimum atomic E-state index is -4.44. The Morgan fingerprint density at radius 1 is 1.59 bits per heavy atom. The van der Waals surface area contributed by atoms with Crippen molar-refractivity contribution in [3.8, 4) is 0 Å². The SMILES string of the molecule is CN(CC(F)(F)F)C(=O)c1cc(N)ncc1Br. The highest BCUT2D eigenvalue weighted by Gasteiger charge is 2.32. The summed E-state index contributed by atoms with van der Waals surface area (Å²) in [6.07, 6.45) is -3.17. The van der Waals surface area contributed by atoms with Gasteiger partial charge in [0.25, 0.3) is 5.91 Å². The van der Waals surface area contributed by atoms with Crippen LogP contribution >= 0.6 is 15.9 Å². The van der Waals surface area contributed by atoms with Gasteiger partial charge in [0, 0.05) is 17.7 Å². The highest BCUT2D eigenvalue weighted by Crippen LogP contribution is 2.21. The van der Waals surface area contributed by atoms with Crippen molar-refractivity contribution in [3.05, 3.63) is 22.3 Å². The second-order valence-corrected chi connectivity index (χ2v) is 4.22. The van der Waals surface area contributed by atoms with E-state index < -0.39 is 18.6 Å². The van der Waals surface area contributed by atoms with Gasteiger partial charge in [0.2, 0.25) is 0 Å². The van der Waals surface area contributed by atoms with Crippen LogP contribution in [0.4, 0.5) is 19.0 Å². The number of rotatable bonds is 2. The Labute approximate surface area is 104 Å². The average molecular weight is 312 g/mol. The van der Waals surface area contributed by atoms with Gasteiger partial charge < -0.3 is 10.6 Å². The molecule has 0 aliphatic carbocycles. The lowest BCUT2D eigenvalue weighted by Crippen LogP contribution is -2.36. The lowest BCUT2D eigenvalue weighted by Gasteiger charge is -2.19. The number of pyridine rings is 1. The van der Waals surface area contributed by atoms with E-state index in [4.69, 9.17) is 5.73 Å². The van der Waals surface area contributed by atoms with Gasteiger partial charge in [0.05, 0.1) is 5.56 Å². The Hall–Kier alpha value is -1.31. The van der Waals surface area contributed by atoms with Crippen LogP contribution in [0.25, 0.3) is 0 Å². The number of halogens is 4.